The van der Waals surface area contributed by atoms with Gasteiger partial charge in [-0.25, -0.2) is 8.78 Å². The van der Waals surface area contributed by atoms with Gasteiger partial charge in [0.2, 0.25) is 5.91 Å². The summed E-state index contributed by atoms with van der Waals surface area (Å²) in [7, 11) is 0. The Morgan fingerprint density at radius 1 is 1.11 bits per heavy atom. The molecule has 2 aromatic carbocycles. The minimum atomic E-state index is -1.08. The van der Waals surface area contributed by atoms with Crippen molar-refractivity contribution in [2.75, 3.05) is 11.9 Å². The van der Waals surface area contributed by atoms with Crippen molar-refractivity contribution in [2.24, 2.45) is 0 Å². The fourth-order valence-electron chi connectivity index (χ4n) is 2.41. The normalized spacial score (nSPS) is 10.5. The van der Waals surface area contributed by atoms with Crippen molar-refractivity contribution in [3.8, 4) is 0 Å². The second-order valence-electron chi connectivity index (χ2n) is 5.88. The lowest BCUT2D eigenvalue weighted by Crippen LogP contribution is -2.32. The van der Waals surface area contributed by atoms with Gasteiger partial charge in [0, 0.05) is 23.0 Å². The Hall–Kier alpha value is -3.26. The van der Waals surface area contributed by atoms with Gasteiger partial charge in [-0.05, 0) is 23.8 Å². The SMILES string of the molecule is O=C(CNC(=O)c1cnn(Cc2ccccc2Cl)c1)Nc1ccc(F)c(F)c1. The van der Waals surface area contributed by atoms with Crippen molar-refractivity contribution < 1.29 is 18.4 Å². The van der Waals surface area contributed by atoms with Gasteiger partial charge in [0.1, 0.15) is 0 Å². The molecule has 0 spiro atoms. The van der Waals surface area contributed by atoms with Gasteiger partial charge in [0.15, 0.2) is 11.6 Å². The van der Waals surface area contributed by atoms with Gasteiger partial charge in [0.05, 0.1) is 24.8 Å². The van der Waals surface area contributed by atoms with Gasteiger partial charge in [-0.1, -0.05) is 29.8 Å². The van der Waals surface area contributed by atoms with Gasteiger partial charge in [-0.2, -0.15) is 5.10 Å². The molecule has 3 rings (SSSR count). The predicted molar refractivity (Wildman–Crippen MR) is 100 cm³/mol. The molecule has 0 unspecified atom stereocenters. The molecular formula is C19H15ClF2N4O2. The molecule has 0 saturated carbocycles. The van der Waals surface area contributed by atoms with Gasteiger partial charge in [-0.3, -0.25) is 14.3 Å². The predicted octanol–water partition coefficient (Wildman–Crippen LogP) is 3.23. The summed E-state index contributed by atoms with van der Waals surface area (Å²) in [6.45, 7) is 0.0527. The molecule has 0 aliphatic rings. The number of anilines is 1. The standard InChI is InChI=1S/C19H15ClF2N4O2/c20-15-4-2-1-3-12(15)10-26-11-13(8-24-26)19(28)23-9-18(27)25-14-5-6-16(21)17(22)7-14/h1-8,11H,9-10H2,(H,23,28)(H,25,27). The van der Waals surface area contributed by atoms with E-state index in [2.05, 4.69) is 15.7 Å². The van der Waals surface area contributed by atoms with Crippen LogP contribution in [0.4, 0.5) is 14.5 Å². The number of nitrogens with zero attached hydrogens (tertiary/aromatic N) is 2. The second kappa shape index (κ2) is 8.62. The van der Waals surface area contributed by atoms with Crippen LogP contribution in [0.25, 0.3) is 0 Å². The lowest BCUT2D eigenvalue weighted by atomic mass is 10.2. The van der Waals surface area contributed by atoms with Crippen LogP contribution in [0.1, 0.15) is 15.9 Å². The third-order valence-corrected chi connectivity index (χ3v) is 4.17. The number of carbonyl (C=O) groups excluding carboxylic acids is 2. The van der Waals surface area contributed by atoms with E-state index < -0.39 is 23.4 Å². The van der Waals surface area contributed by atoms with Crippen molar-refractivity contribution >= 4 is 29.1 Å². The van der Waals surface area contributed by atoms with Crippen molar-refractivity contribution in [3.05, 3.63) is 82.6 Å². The smallest absolute Gasteiger partial charge is 0.254 e. The molecule has 9 heteroatoms. The zero-order valence-electron chi connectivity index (χ0n) is 14.5. The number of aromatic nitrogens is 2. The van der Waals surface area contributed by atoms with Gasteiger partial charge >= 0.3 is 0 Å². The van der Waals surface area contributed by atoms with Gasteiger partial charge in [0.25, 0.3) is 5.91 Å². The first-order valence-electron chi connectivity index (χ1n) is 8.21. The van der Waals surface area contributed by atoms with Crippen LogP contribution in [-0.2, 0) is 11.3 Å². The van der Waals surface area contributed by atoms with Crippen LogP contribution in [0.2, 0.25) is 5.02 Å². The fraction of sp³-hybridized carbons (Fsp3) is 0.105. The van der Waals surface area contributed by atoms with Gasteiger partial charge in [-0.15, -0.1) is 0 Å². The zero-order valence-corrected chi connectivity index (χ0v) is 15.2. The van der Waals surface area contributed by atoms with Crippen LogP contribution in [0.3, 0.4) is 0 Å². The highest BCUT2D eigenvalue weighted by Gasteiger charge is 2.12. The molecule has 6 nitrogen and oxygen atoms in total. The van der Waals surface area contributed by atoms with E-state index in [1.807, 2.05) is 18.2 Å². The molecule has 0 saturated heterocycles. The number of hydrogen-bond donors (Lipinski definition) is 2. The number of halogens is 3. The Bertz CT molecular complexity index is 1020. The number of rotatable bonds is 6. The van der Waals surface area contributed by atoms with E-state index in [1.165, 1.54) is 18.5 Å². The molecule has 28 heavy (non-hydrogen) atoms. The summed E-state index contributed by atoms with van der Waals surface area (Å²) in [6.07, 6.45) is 2.91. The Morgan fingerprint density at radius 3 is 2.64 bits per heavy atom. The number of hydrogen-bond acceptors (Lipinski definition) is 3. The molecular weight excluding hydrogens is 390 g/mol. The Kier molecular flexibility index (Phi) is 6.00. The van der Waals surface area contributed by atoms with Crippen LogP contribution in [0.5, 0.6) is 0 Å². The van der Waals surface area contributed by atoms with Crippen LogP contribution in [0, 0.1) is 11.6 Å². The third-order valence-electron chi connectivity index (χ3n) is 3.80. The number of carbonyl (C=O) groups is 2. The molecule has 1 heterocycles. The minimum absolute atomic E-state index is 0.0886. The maximum Gasteiger partial charge on any atom is 0.254 e. The molecule has 1 aromatic heterocycles. The summed E-state index contributed by atoms with van der Waals surface area (Å²) < 4.78 is 27.6. The van der Waals surface area contributed by atoms with Crippen molar-refractivity contribution in [1.82, 2.24) is 15.1 Å². The summed E-state index contributed by atoms with van der Waals surface area (Å²) in [5, 5.41) is 9.50. The minimum Gasteiger partial charge on any atom is -0.343 e. The Labute approximate surface area is 164 Å². The van der Waals surface area contributed by atoms with E-state index >= 15 is 0 Å². The van der Waals surface area contributed by atoms with Gasteiger partial charge < -0.3 is 10.6 Å². The summed E-state index contributed by atoms with van der Waals surface area (Å²) in [4.78, 5) is 24.0. The van der Waals surface area contributed by atoms with Crippen LogP contribution >= 0.6 is 11.6 Å². The largest absolute Gasteiger partial charge is 0.343 e. The molecule has 0 radical (unpaired) electrons. The zero-order chi connectivity index (χ0) is 20.1. The van der Waals surface area contributed by atoms with E-state index in [4.69, 9.17) is 11.6 Å². The maximum atomic E-state index is 13.1. The molecule has 0 fully saturated rings. The van der Waals surface area contributed by atoms with Crippen LogP contribution in [-0.4, -0.2) is 28.1 Å². The average Bonchev–Trinajstić information content (AvgIpc) is 3.13. The van der Waals surface area contributed by atoms with E-state index in [0.29, 0.717) is 11.6 Å². The summed E-state index contributed by atoms with van der Waals surface area (Å²) in [5.41, 5.74) is 1.21. The number of amides is 2. The van der Waals surface area contributed by atoms with E-state index in [0.717, 1.165) is 17.7 Å². The molecule has 2 amide bonds. The highest BCUT2D eigenvalue weighted by Crippen LogP contribution is 2.16. The Balaban J connectivity index is 1.53. The Morgan fingerprint density at radius 2 is 1.89 bits per heavy atom. The first kappa shape index (κ1) is 19.5. The lowest BCUT2D eigenvalue weighted by Gasteiger charge is -2.06. The molecule has 0 atom stereocenters. The van der Waals surface area contributed by atoms with E-state index in [9.17, 15) is 18.4 Å². The number of benzene rings is 2. The molecule has 2 N–H and O–H groups in total. The third kappa shape index (κ3) is 4.92. The monoisotopic (exact) mass is 404 g/mol. The van der Waals surface area contributed by atoms with Crippen molar-refractivity contribution in [2.45, 2.75) is 6.54 Å². The summed E-state index contributed by atoms with van der Waals surface area (Å²) in [5.74, 6) is -3.17. The molecule has 0 aliphatic carbocycles. The molecule has 0 aliphatic heterocycles. The molecule has 0 bridgehead atoms. The molecule has 3 aromatic rings. The topological polar surface area (TPSA) is 76.0 Å². The van der Waals surface area contributed by atoms with Crippen LogP contribution in [0.15, 0.2) is 54.9 Å². The number of nitrogens with one attached hydrogen (secondary N) is 2. The second-order valence-corrected chi connectivity index (χ2v) is 6.28. The highest BCUT2D eigenvalue weighted by atomic mass is 35.5. The first-order valence-corrected chi connectivity index (χ1v) is 8.59. The van der Waals surface area contributed by atoms with Crippen LogP contribution < -0.4 is 10.6 Å². The van der Waals surface area contributed by atoms with Crippen molar-refractivity contribution in [1.29, 1.82) is 0 Å². The highest BCUT2D eigenvalue weighted by molar-refractivity contribution is 6.31. The first-order chi connectivity index (χ1) is 13.4. The van der Waals surface area contributed by atoms with E-state index in [-0.39, 0.29) is 17.8 Å². The summed E-state index contributed by atoms with van der Waals surface area (Å²) >= 11 is 6.10. The summed E-state index contributed by atoms with van der Waals surface area (Å²) in [6, 6.07) is 10.3. The maximum absolute atomic E-state index is 13.1. The quantitative estimate of drug-likeness (QED) is 0.662. The average molecular weight is 405 g/mol. The van der Waals surface area contributed by atoms with Crippen molar-refractivity contribution in [3.63, 3.8) is 0 Å². The lowest BCUT2D eigenvalue weighted by molar-refractivity contribution is -0.115. The van der Waals surface area contributed by atoms with E-state index in [1.54, 1.807) is 10.7 Å². The molecule has 144 valence electrons. The fourth-order valence-corrected chi connectivity index (χ4v) is 2.61.